The first-order chi connectivity index (χ1) is 8.49. The molecule has 2 heterocycles. The van der Waals surface area contributed by atoms with Crippen molar-refractivity contribution in [3.05, 3.63) is 23.2 Å². The van der Waals surface area contributed by atoms with E-state index in [1.54, 1.807) is 4.90 Å². The molecule has 0 radical (unpaired) electrons. The number of rotatable bonds is 2. The Morgan fingerprint density at radius 1 is 1.33 bits per heavy atom. The average Bonchev–Trinajstić information content (AvgIpc) is 2.67. The molecule has 5 heteroatoms. The van der Waals surface area contributed by atoms with Gasteiger partial charge in [-0.1, -0.05) is 0 Å². The fraction of sp³-hybridized carbons (Fsp3) is 0.538. The van der Waals surface area contributed by atoms with Crippen LogP contribution in [0.25, 0.3) is 0 Å². The molecule has 0 spiro atoms. The van der Waals surface area contributed by atoms with E-state index in [1.165, 1.54) is 0 Å². The Labute approximate surface area is 106 Å². The summed E-state index contributed by atoms with van der Waals surface area (Å²) in [5, 5.41) is 0. The molecule has 0 saturated carbocycles. The quantitative estimate of drug-likeness (QED) is 0.857. The minimum atomic E-state index is -0.271. The van der Waals surface area contributed by atoms with Crippen LogP contribution in [0.1, 0.15) is 34.7 Å². The number of hydrogen-bond acceptors (Lipinski definition) is 3. The lowest BCUT2D eigenvalue weighted by Crippen LogP contribution is -2.41. The molecule has 2 N–H and O–H groups in total. The van der Waals surface area contributed by atoms with Crippen LogP contribution in [0.15, 0.2) is 10.5 Å². The zero-order valence-corrected chi connectivity index (χ0v) is 10.7. The van der Waals surface area contributed by atoms with Crippen molar-refractivity contribution >= 4 is 11.8 Å². The molecule has 5 nitrogen and oxygen atoms in total. The minimum Gasteiger partial charge on any atom is -0.456 e. The molecule has 0 aromatic carbocycles. The molecule has 98 valence electrons. The molecule has 0 aliphatic carbocycles. The summed E-state index contributed by atoms with van der Waals surface area (Å²) < 4.78 is 5.42. The van der Waals surface area contributed by atoms with Gasteiger partial charge in [0.25, 0.3) is 5.91 Å². The van der Waals surface area contributed by atoms with Crippen LogP contribution in [0.5, 0.6) is 0 Å². The predicted octanol–water partition coefficient (Wildman–Crippen LogP) is 1.23. The SMILES string of the molecule is Cc1cc(C)c(C(=O)N2CCC(C(N)=O)CC2)o1. The Balaban J connectivity index is 2.04. The smallest absolute Gasteiger partial charge is 0.289 e. The Bertz CT molecular complexity index is 471. The highest BCUT2D eigenvalue weighted by atomic mass is 16.4. The summed E-state index contributed by atoms with van der Waals surface area (Å²) in [6.07, 6.45) is 1.28. The van der Waals surface area contributed by atoms with Crippen LogP contribution < -0.4 is 5.73 Å². The number of furan rings is 1. The number of amides is 2. The van der Waals surface area contributed by atoms with Gasteiger partial charge >= 0.3 is 0 Å². The Kier molecular flexibility index (Phi) is 3.41. The van der Waals surface area contributed by atoms with Gasteiger partial charge in [-0.15, -0.1) is 0 Å². The Hall–Kier alpha value is -1.78. The molecule has 1 aliphatic heterocycles. The zero-order valence-electron chi connectivity index (χ0n) is 10.7. The molecule has 2 amide bonds. The van der Waals surface area contributed by atoms with Gasteiger partial charge in [0.05, 0.1) is 0 Å². The maximum absolute atomic E-state index is 12.2. The van der Waals surface area contributed by atoms with Crippen molar-refractivity contribution in [1.29, 1.82) is 0 Å². The van der Waals surface area contributed by atoms with E-state index in [-0.39, 0.29) is 17.7 Å². The van der Waals surface area contributed by atoms with E-state index in [2.05, 4.69) is 0 Å². The van der Waals surface area contributed by atoms with Gasteiger partial charge in [-0.3, -0.25) is 9.59 Å². The van der Waals surface area contributed by atoms with Gasteiger partial charge in [0, 0.05) is 24.6 Å². The van der Waals surface area contributed by atoms with E-state index in [0.717, 1.165) is 11.3 Å². The normalized spacial score (nSPS) is 16.9. The van der Waals surface area contributed by atoms with Crippen LogP contribution in [-0.2, 0) is 4.79 Å². The van der Waals surface area contributed by atoms with Gasteiger partial charge in [0.15, 0.2) is 5.76 Å². The third kappa shape index (κ3) is 2.39. The van der Waals surface area contributed by atoms with E-state index in [9.17, 15) is 9.59 Å². The van der Waals surface area contributed by atoms with Crippen molar-refractivity contribution in [1.82, 2.24) is 4.90 Å². The van der Waals surface area contributed by atoms with Crippen molar-refractivity contribution in [3.63, 3.8) is 0 Å². The molecular formula is C13H18N2O3. The Morgan fingerprint density at radius 2 is 1.94 bits per heavy atom. The fourth-order valence-electron chi connectivity index (χ4n) is 2.36. The summed E-state index contributed by atoms with van der Waals surface area (Å²) in [5.74, 6) is 0.678. The molecule has 1 aromatic rings. The second-order valence-electron chi connectivity index (χ2n) is 4.84. The monoisotopic (exact) mass is 250 g/mol. The average molecular weight is 250 g/mol. The molecule has 0 bridgehead atoms. The molecule has 18 heavy (non-hydrogen) atoms. The van der Waals surface area contributed by atoms with Gasteiger partial charge in [0.1, 0.15) is 5.76 Å². The van der Waals surface area contributed by atoms with Gasteiger partial charge in [-0.05, 0) is 32.8 Å². The second-order valence-corrected chi connectivity index (χ2v) is 4.84. The van der Waals surface area contributed by atoms with E-state index in [4.69, 9.17) is 10.2 Å². The standard InChI is InChI=1S/C13H18N2O3/c1-8-7-9(2)18-11(8)13(17)15-5-3-10(4-6-15)12(14)16/h7,10H,3-6H2,1-2H3,(H2,14,16). The predicted molar refractivity (Wildman–Crippen MR) is 66.0 cm³/mol. The van der Waals surface area contributed by atoms with Crippen LogP contribution >= 0.6 is 0 Å². The lowest BCUT2D eigenvalue weighted by atomic mass is 9.96. The van der Waals surface area contributed by atoms with Gasteiger partial charge < -0.3 is 15.1 Å². The lowest BCUT2D eigenvalue weighted by Gasteiger charge is -2.30. The van der Waals surface area contributed by atoms with Crippen molar-refractivity contribution < 1.29 is 14.0 Å². The zero-order chi connectivity index (χ0) is 13.3. The molecule has 1 aliphatic rings. The molecule has 1 fully saturated rings. The summed E-state index contributed by atoms with van der Waals surface area (Å²) in [7, 11) is 0. The molecule has 2 rings (SSSR count). The van der Waals surface area contributed by atoms with E-state index in [1.807, 2.05) is 19.9 Å². The molecule has 0 unspecified atom stereocenters. The maximum Gasteiger partial charge on any atom is 0.289 e. The number of hydrogen-bond donors (Lipinski definition) is 1. The highest BCUT2D eigenvalue weighted by Crippen LogP contribution is 2.21. The van der Waals surface area contributed by atoms with Crippen molar-refractivity contribution in [3.8, 4) is 0 Å². The van der Waals surface area contributed by atoms with Crippen LogP contribution in [-0.4, -0.2) is 29.8 Å². The largest absolute Gasteiger partial charge is 0.456 e. The van der Waals surface area contributed by atoms with Gasteiger partial charge in [-0.2, -0.15) is 0 Å². The van der Waals surface area contributed by atoms with Crippen LogP contribution in [0.4, 0.5) is 0 Å². The maximum atomic E-state index is 12.2. The fourth-order valence-corrected chi connectivity index (χ4v) is 2.36. The second kappa shape index (κ2) is 4.84. The van der Waals surface area contributed by atoms with E-state index in [0.29, 0.717) is 31.7 Å². The van der Waals surface area contributed by atoms with Crippen LogP contribution in [0.2, 0.25) is 0 Å². The number of nitrogens with zero attached hydrogens (tertiary/aromatic N) is 1. The number of nitrogens with two attached hydrogens (primary N) is 1. The highest BCUT2D eigenvalue weighted by molar-refractivity contribution is 5.93. The van der Waals surface area contributed by atoms with Crippen LogP contribution in [0, 0.1) is 19.8 Å². The highest BCUT2D eigenvalue weighted by Gasteiger charge is 2.28. The first-order valence-electron chi connectivity index (χ1n) is 6.14. The molecule has 0 atom stereocenters. The number of piperidine rings is 1. The summed E-state index contributed by atoms with van der Waals surface area (Å²) in [4.78, 5) is 25.0. The number of primary amides is 1. The van der Waals surface area contributed by atoms with E-state index >= 15 is 0 Å². The van der Waals surface area contributed by atoms with E-state index < -0.39 is 0 Å². The third-order valence-corrected chi connectivity index (χ3v) is 3.42. The minimum absolute atomic E-state index is 0.0940. The molecular weight excluding hydrogens is 232 g/mol. The number of carbonyl (C=O) groups is 2. The number of likely N-dealkylation sites (tertiary alicyclic amines) is 1. The summed E-state index contributed by atoms with van der Waals surface area (Å²) >= 11 is 0. The molecule has 1 saturated heterocycles. The molecule has 1 aromatic heterocycles. The van der Waals surface area contributed by atoms with Crippen LogP contribution in [0.3, 0.4) is 0 Å². The number of carbonyl (C=O) groups excluding carboxylic acids is 2. The first-order valence-corrected chi connectivity index (χ1v) is 6.14. The summed E-state index contributed by atoms with van der Waals surface area (Å²) in [6.45, 7) is 4.81. The summed E-state index contributed by atoms with van der Waals surface area (Å²) in [5.41, 5.74) is 6.12. The summed E-state index contributed by atoms with van der Waals surface area (Å²) in [6, 6.07) is 1.85. The Morgan fingerprint density at radius 3 is 2.39 bits per heavy atom. The van der Waals surface area contributed by atoms with Gasteiger partial charge in [0.2, 0.25) is 5.91 Å². The number of aryl methyl sites for hydroxylation is 2. The van der Waals surface area contributed by atoms with Crippen molar-refractivity contribution in [2.75, 3.05) is 13.1 Å². The lowest BCUT2D eigenvalue weighted by molar-refractivity contribution is -0.123. The van der Waals surface area contributed by atoms with Crippen molar-refractivity contribution in [2.24, 2.45) is 11.7 Å². The van der Waals surface area contributed by atoms with Gasteiger partial charge in [-0.25, -0.2) is 0 Å². The van der Waals surface area contributed by atoms with Crippen molar-refractivity contribution in [2.45, 2.75) is 26.7 Å². The third-order valence-electron chi connectivity index (χ3n) is 3.42. The topological polar surface area (TPSA) is 76.5 Å². The first kappa shape index (κ1) is 12.7.